The standard InChI is InChI=1S/C66H56/c1-33-21-37(5)57(38(6)22-33)61-47-19-15-13-17-45(47)49-29-53-55(31-51(49)61)65-64(60-43(11)27-36(4)28-44(60)12)54-30-50-46-18-14-16-20-48(46)62(58-39(7)23-34(2)24-40(58)8)52(50)32-56(54)66(65)63(53)59-41(9)25-35(3)26-42(59)10/h13-32H,1-12H3. The molecular weight excluding hydrogens is 793 g/mol. The van der Waals surface area contributed by atoms with Gasteiger partial charge in [0.05, 0.1) is 0 Å². The van der Waals surface area contributed by atoms with Gasteiger partial charge in [0.25, 0.3) is 0 Å². The predicted molar refractivity (Wildman–Crippen MR) is 288 cm³/mol. The van der Waals surface area contributed by atoms with Crippen molar-refractivity contribution in [3.63, 3.8) is 0 Å². The summed E-state index contributed by atoms with van der Waals surface area (Å²) in [5.41, 5.74) is 26.7. The highest BCUT2D eigenvalue weighted by Gasteiger charge is 2.29. The molecule has 320 valence electrons. The summed E-state index contributed by atoms with van der Waals surface area (Å²) in [6.07, 6.45) is 0. The number of rotatable bonds is 4. The first-order valence-electron chi connectivity index (χ1n) is 23.8. The molecule has 2 aliphatic rings. The molecule has 0 unspecified atom stereocenters. The zero-order valence-corrected chi connectivity index (χ0v) is 40.5. The molecule has 0 atom stereocenters. The zero-order chi connectivity index (χ0) is 45.8. The van der Waals surface area contributed by atoms with E-state index < -0.39 is 0 Å². The van der Waals surface area contributed by atoms with E-state index in [1.54, 1.807) is 0 Å². The number of hydrogen-bond acceptors (Lipinski definition) is 0. The topological polar surface area (TPSA) is 0 Å². The summed E-state index contributed by atoms with van der Waals surface area (Å²) in [6, 6.07) is 47.8. The summed E-state index contributed by atoms with van der Waals surface area (Å²) in [7, 11) is 0. The Morgan fingerprint density at radius 1 is 0.182 bits per heavy atom. The highest BCUT2D eigenvalue weighted by molar-refractivity contribution is 6.30. The molecule has 12 rings (SSSR count). The molecule has 0 heterocycles. The maximum atomic E-state index is 2.62. The van der Waals surface area contributed by atoms with Crippen LogP contribution < -0.4 is 0 Å². The van der Waals surface area contributed by atoms with E-state index in [-0.39, 0.29) is 0 Å². The van der Waals surface area contributed by atoms with Gasteiger partial charge in [-0.1, -0.05) is 119 Å². The number of aryl methyl sites for hydroxylation is 12. The van der Waals surface area contributed by atoms with Crippen molar-refractivity contribution in [3.05, 3.63) is 199 Å². The van der Waals surface area contributed by atoms with Gasteiger partial charge >= 0.3 is 0 Å². The fourth-order valence-electron chi connectivity index (χ4n) is 13.5. The molecule has 0 heteroatoms. The van der Waals surface area contributed by atoms with E-state index >= 15 is 0 Å². The Balaban J connectivity index is 1.38. The maximum absolute atomic E-state index is 2.62. The van der Waals surface area contributed by atoms with E-state index in [4.69, 9.17) is 0 Å². The van der Waals surface area contributed by atoms with Crippen molar-refractivity contribution in [2.24, 2.45) is 0 Å². The summed E-state index contributed by atoms with van der Waals surface area (Å²) < 4.78 is 0. The lowest BCUT2D eigenvalue weighted by Gasteiger charge is -2.15. The Labute approximate surface area is 388 Å². The van der Waals surface area contributed by atoms with Crippen molar-refractivity contribution in [1.82, 2.24) is 0 Å². The van der Waals surface area contributed by atoms with E-state index in [1.165, 1.54) is 186 Å². The van der Waals surface area contributed by atoms with Crippen LogP contribution in [0.3, 0.4) is 0 Å². The van der Waals surface area contributed by atoms with Crippen molar-refractivity contribution < 1.29 is 0 Å². The van der Waals surface area contributed by atoms with Crippen LogP contribution in [0.4, 0.5) is 0 Å². The van der Waals surface area contributed by atoms with E-state index in [0.29, 0.717) is 0 Å². The zero-order valence-electron chi connectivity index (χ0n) is 40.5. The molecule has 2 aliphatic carbocycles. The predicted octanol–water partition coefficient (Wildman–Crippen LogP) is 18.6. The average Bonchev–Trinajstić information content (AvgIpc) is 3.94. The first-order chi connectivity index (χ1) is 31.7. The van der Waals surface area contributed by atoms with E-state index in [2.05, 4.69) is 204 Å². The molecule has 0 N–H and O–H groups in total. The Bertz CT molecular complexity index is 3790. The molecule has 0 saturated heterocycles. The van der Waals surface area contributed by atoms with Crippen LogP contribution >= 0.6 is 0 Å². The molecule has 0 amide bonds. The van der Waals surface area contributed by atoms with E-state index in [1.807, 2.05) is 0 Å². The molecule has 0 fully saturated rings. The highest BCUT2D eigenvalue weighted by atomic mass is 14.3. The highest BCUT2D eigenvalue weighted by Crippen LogP contribution is 2.53. The van der Waals surface area contributed by atoms with Crippen LogP contribution in [-0.4, -0.2) is 0 Å². The number of hydrogen-bond donors (Lipinski definition) is 0. The molecule has 0 spiro atoms. The minimum Gasteiger partial charge on any atom is -0.0616 e. The molecule has 0 radical (unpaired) electrons. The van der Waals surface area contributed by atoms with E-state index in [9.17, 15) is 0 Å². The quantitative estimate of drug-likeness (QED) is 0.166. The average molecular weight is 849 g/mol. The number of benzene rings is 8. The normalized spacial score (nSPS) is 12.2. The second kappa shape index (κ2) is 14.2. The van der Waals surface area contributed by atoms with Gasteiger partial charge in [-0.15, -0.1) is 0 Å². The summed E-state index contributed by atoms with van der Waals surface area (Å²) in [5, 5.41) is 18.7. The lowest BCUT2D eigenvalue weighted by molar-refractivity contribution is 1.32. The van der Waals surface area contributed by atoms with Crippen LogP contribution in [0.25, 0.3) is 109 Å². The largest absolute Gasteiger partial charge is 0.0616 e. The summed E-state index contributed by atoms with van der Waals surface area (Å²) in [5.74, 6) is 0. The van der Waals surface area contributed by atoms with Gasteiger partial charge in [-0.2, -0.15) is 0 Å². The van der Waals surface area contributed by atoms with Crippen LogP contribution in [-0.2, 0) is 0 Å². The van der Waals surface area contributed by atoms with Crippen molar-refractivity contribution in [1.29, 1.82) is 0 Å². The van der Waals surface area contributed by atoms with Crippen molar-refractivity contribution in [2.45, 2.75) is 83.1 Å². The monoisotopic (exact) mass is 848 g/mol. The molecule has 10 aromatic rings. The van der Waals surface area contributed by atoms with Crippen molar-refractivity contribution in [2.75, 3.05) is 0 Å². The third-order valence-electron chi connectivity index (χ3n) is 15.4. The third kappa shape index (κ3) is 5.57. The molecule has 0 aromatic heterocycles. The Kier molecular flexibility index (Phi) is 8.73. The Morgan fingerprint density at radius 2 is 0.409 bits per heavy atom. The van der Waals surface area contributed by atoms with Crippen LogP contribution in [0.15, 0.2) is 121 Å². The van der Waals surface area contributed by atoms with Gasteiger partial charge in [0.2, 0.25) is 0 Å². The SMILES string of the molecule is Cc1cc(C)c(-c2c3c4cc5c(-c6c(C)cc(C)cc6C)c6ccccc6c5cc4c(-c4c(C)cc(C)cc4C)c=3c3cc4c(-c5c(C)cc(C)cc5C)c5ccccc5c4cc23)c(C)c1. The van der Waals surface area contributed by atoms with E-state index in [0.717, 1.165) is 0 Å². The molecule has 66 heavy (non-hydrogen) atoms. The second-order valence-electron chi connectivity index (χ2n) is 20.3. The summed E-state index contributed by atoms with van der Waals surface area (Å²) >= 11 is 0. The van der Waals surface area contributed by atoms with Gasteiger partial charge in [-0.05, 0) is 271 Å². The van der Waals surface area contributed by atoms with Crippen LogP contribution in [0.1, 0.15) is 66.8 Å². The minimum atomic E-state index is 1.30. The second-order valence-corrected chi connectivity index (χ2v) is 20.3. The van der Waals surface area contributed by atoms with Gasteiger partial charge in [0.1, 0.15) is 0 Å². The van der Waals surface area contributed by atoms with Gasteiger partial charge in [0.15, 0.2) is 0 Å². The van der Waals surface area contributed by atoms with Crippen molar-refractivity contribution in [3.8, 4) is 44.5 Å². The van der Waals surface area contributed by atoms with Gasteiger partial charge < -0.3 is 0 Å². The fourth-order valence-corrected chi connectivity index (χ4v) is 13.5. The van der Waals surface area contributed by atoms with Gasteiger partial charge in [-0.25, -0.2) is 0 Å². The Hall–Kier alpha value is -7.02. The van der Waals surface area contributed by atoms with Crippen LogP contribution in [0, 0.1) is 93.5 Å². The third-order valence-corrected chi connectivity index (χ3v) is 15.4. The van der Waals surface area contributed by atoms with Crippen LogP contribution in [0.5, 0.6) is 0 Å². The smallest absolute Gasteiger partial charge is 0.000720 e. The lowest BCUT2D eigenvalue weighted by atomic mass is 9.88. The summed E-state index contributed by atoms with van der Waals surface area (Å²) in [4.78, 5) is 0. The van der Waals surface area contributed by atoms with Gasteiger partial charge in [-0.3, -0.25) is 0 Å². The maximum Gasteiger partial charge on any atom is -0.000720 e. The minimum absolute atomic E-state index is 1.30. The Morgan fingerprint density at radius 3 is 0.697 bits per heavy atom. The van der Waals surface area contributed by atoms with Gasteiger partial charge in [0, 0.05) is 0 Å². The summed E-state index contributed by atoms with van der Waals surface area (Å²) in [6.45, 7) is 27.5. The molecule has 0 bridgehead atoms. The molecular formula is C66H56. The molecule has 10 aromatic carbocycles. The number of fused-ring (bicyclic) bond motifs is 10. The lowest BCUT2D eigenvalue weighted by Crippen LogP contribution is -1.92. The van der Waals surface area contributed by atoms with Crippen LogP contribution in [0.2, 0.25) is 0 Å². The molecule has 0 aliphatic heterocycles. The first-order valence-corrected chi connectivity index (χ1v) is 23.8. The fraction of sp³-hybridized carbons (Fsp3) is 0.182. The molecule has 0 nitrogen and oxygen atoms in total. The van der Waals surface area contributed by atoms with Crippen molar-refractivity contribution >= 4 is 64.6 Å². The first kappa shape index (κ1) is 40.5. The molecule has 0 saturated carbocycles.